The zero-order valence-corrected chi connectivity index (χ0v) is 21.3. The maximum Gasteiger partial charge on any atom is 0.325 e. The van der Waals surface area contributed by atoms with Crippen LogP contribution in [-0.2, 0) is 32.0 Å². The van der Waals surface area contributed by atoms with Crippen LogP contribution in [0.5, 0.6) is 5.75 Å². The van der Waals surface area contributed by atoms with Crippen LogP contribution in [-0.4, -0.2) is 58.1 Å². The zero-order valence-electron chi connectivity index (χ0n) is 21.3. The number of hydrogen-bond donors (Lipinski definition) is 6. The SMILES string of the molecule is CC(C)CC(N)C(=O)NC(Cc1ccccc1)C(=O)NC(Cc1ccc(O)cc1)C(=O)NC(C)C(=O)O. The predicted molar refractivity (Wildman–Crippen MR) is 138 cm³/mol. The molecule has 0 aliphatic carbocycles. The molecular formula is C27H36N4O6. The fourth-order valence-electron chi connectivity index (χ4n) is 3.68. The van der Waals surface area contributed by atoms with Gasteiger partial charge in [-0.25, -0.2) is 0 Å². The number of carboxylic acid groups (broad SMARTS) is 1. The van der Waals surface area contributed by atoms with E-state index in [0.717, 1.165) is 5.56 Å². The van der Waals surface area contributed by atoms with E-state index in [0.29, 0.717) is 12.0 Å². The third-order valence-corrected chi connectivity index (χ3v) is 5.72. The Balaban J connectivity index is 2.27. The summed E-state index contributed by atoms with van der Waals surface area (Å²) in [6, 6.07) is 11.0. The van der Waals surface area contributed by atoms with Gasteiger partial charge in [-0.2, -0.15) is 0 Å². The van der Waals surface area contributed by atoms with Crippen molar-refractivity contribution >= 4 is 23.7 Å². The first kappa shape index (κ1) is 29.3. The normalized spacial score (nSPS) is 14.2. The number of nitrogens with two attached hydrogens (primary N) is 1. The van der Waals surface area contributed by atoms with Gasteiger partial charge in [0.05, 0.1) is 6.04 Å². The summed E-state index contributed by atoms with van der Waals surface area (Å²) in [7, 11) is 0. The predicted octanol–water partition coefficient (Wildman–Crippen LogP) is 1.11. The van der Waals surface area contributed by atoms with Crippen molar-refractivity contribution in [3.8, 4) is 5.75 Å². The largest absolute Gasteiger partial charge is 0.508 e. The van der Waals surface area contributed by atoms with Crippen LogP contribution in [0.25, 0.3) is 0 Å². The first-order chi connectivity index (χ1) is 17.5. The Morgan fingerprint density at radius 3 is 1.76 bits per heavy atom. The van der Waals surface area contributed by atoms with Crippen molar-refractivity contribution in [1.29, 1.82) is 0 Å². The molecule has 3 amide bonds. The maximum atomic E-state index is 13.4. The van der Waals surface area contributed by atoms with E-state index in [-0.39, 0.29) is 24.5 Å². The second-order valence-electron chi connectivity index (χ2n) is 9.49. The molecule has 0 aliphatic heterocycles. The molecule has 4 unspecified atom stereocenters. The van der Waals surface area contributed by atoms with Gasteiger partial charge in [0.2, 0.25) is 17.7 Å². The Hall–Kier alpha value is -3.92. The Labute approximate surface area is 216 Å². The third-order valence-electron chi connectivity index (χ3n) is 5.72. The first-order valence-corrected chi connectivity index (χ1v) is 12.2. The standard InChI is InChI=1S/C27H36N4O6/c1-16(2)13-21(28)24(33)30-23(14-18-7-5-4-6-8-18)26(35)31-22(25(34)29-17(3)27(36)37)15-19-9-11-20(32)12-10-19/h4-12,16-17,21-23,32H,13-15,28H2,1-3H3,(H,29,34)(H,30,33)(H,31,35)(H,36,37). The number of carbonyl (C=O) groups is 4. The fraction of sp³-hybridized carbons (Fsp3) is 0.407. The highest BCUT2D eigenvalue weighted by molar-refractivity contribution is 5.94. The minimum Gasteiger partial charge on any atom is -0.508 e. The molecule has 0 fully saturated rings. The van der Waals surface area contributed by atoms with Gasteiger partial charge in [-0.15, -0.1) is 0 Å². The van der Waals surface area contributed by atoms with Crippen molar-refractivity contribution in [3.05, 3.63) is 65.7 Å². The molecule has 2 aromatic carbocycles. The van der Waals surface area contributed by atoms with Gasteiger partial charge in [0, 0.05) is 12.8 Å². The van der Waals surface area contributed by atoms with E-state index in [1.807, 2.05) is 44.2 Å². The summed E-state index contributed by atoms with van der Waals surface area (Å²) in [6.45, 7) is 5.19. The first-order valence-electron chi connectivity index (χ1n) is 12.2. The quantitative estimate of drug-likeness (QED) is 0.233. The number of carbonyl (C=O) groups excluding carboxylic acids is 3. The van der Waals surface area contributed by atoms with Gasteiger partial charge < -0.3 is 31.9 Å². The highest BCUT2D eigenvalue weighted by Gasteiger charge is 2.30. The van der Waals surface area contributed by atoms with Gasteiger partial charge in [0.1, 0.15) is 23.9 Å². The molecule has 0 radical (unpaired) electrons. The van der Waals surface area contributed by atoms with E-state index in [1.54, 1.807) is 12.1 Å². The van der Waals surface area contributed by atoms with E-state index in [2.05, 4.69) is 16.0 Å². The van der Waals surface area contributed by atoms with Crippen LogP contribution in [0, 0.1) is 5.92 Å². The van der Waals surface area contributed by atoms with Gasteiger partial charge in [0.25, 0.3) is 0 Å². The monoisotopic (exact) mass is 512 g/mol. The zero-order chi connectivity index (χ0) is 27.5. The Bertz CT molecular complexity index is 1060. The molecule has 2 rings (SSSR count). The van der Waals surface area contributed by atoms with Gasteiger partial charge in [-0.05, 0) is 42.5 Å². The topological polar surface area (TPSA) is 171 Å². The molecule has 0 aliphatic rings. The smallest absolute Gasteiger partial charge is 0.325 e. The van der Waals surface area contributed by atoms with Crippen molar-refractivity contribution in [1.82, 2.24) is 16.0 Å². The molecule has 0 bridgehead atoms. The molecule has 10 heteroatoms. The molecule has 0 aromatic heterocycles. The van der Waals surface area contributed by atoms with Crippen molar-refractivity contribution in [2.45, 2.75) is 64.2 Å². The van der Waals surface area contributed by atoms with Crippen LogP contribution in [0.1, 0.15) is 38.3 Å². The van der Waals surface area contributed by atoms with Crippen LogP contribution in [0.2, 0.25) is 0 Å². The number of aromatic hydroxyl groups is 1. The lowest BCUT2D eigenvalue weighted by atomic mass is 10.0. The molecule has 0 saturated heterocycles. The summed E-state index contributed by atoms with van der Waals surface area (Å²) >= 11 is 0. The highest BCUT2D eigenvalue weighted by Crippen LogP contribution is 2.12. The second-order valence-corrected chi connectivity index (χ2v) is 9.49. The van der Waals surface area contributed by atoms with Gasteiger partial charge in [0.15, 0.2) is 0 Å². The lowest BCUT2D eigenvalue weighted by Gasteiger charge is -2.25. The maximum absolute atomic E-state index is 13.4. The number of phenols is 1. The Kier molecular flexibility index (Phi) is 11.1. The van der Waals surface area contributed by atoms with E-state index in [9.17, 15) is 29.4 Å². The summed E-state index contributed by atoms with van der Waals surface area (Å²) in [4.78, 5) is 50.4. The molecule has 10 nitrogen and oxygen atoms in total. The number of nitrogens with one attached hydrogen (secondary N) is 3. The molecule has 37 heavy (non-hydrogen) atoms. The lowest BCUT2D eigenvalue weighted by Crippen LogP contribution is -2.58. The minimum absolute atomic E-state index is 0.0308. The molecule has 200 valence electrons. The molecule has 4 atom stereocenters. The molecule has 2 aromatic rings. The number of rotatable bonds is 13. The summed E-state index contributed by atoms with van der Waals surface area (Å²) in [5, 5.41) is 26.5. The molecule has 0 saturated carbocycles. The van der Waals surface area contributed by atoms with E-state index < -0.39 is 47.9 Å². The van der Waals surface area contributed by atoms with Crippen LogP contribution in [0.4, 0.5) is 0 Å². The average Bonchev–Trinajstić information content (AvgIpc) is 2.84. The van der Waals surface area contributed by atoms with Gasteiger partial charge >= 0.3 is 5.97 Å². The van der Waals surface area contributed by atoms with E-state index in [1.165, 1.54) is 19.1 Å². The van der Waals surface area contributed by atoms with E-state index >= 15 is 0 Å². The van der Waals surface area contributed by atoms with Gasteiger partial charge in [-0.3, -0.25) is 19.2 Å². The number of hydrogen-bond acceptors (Lipinski definition) is 6. The summed E-state index contributed by atoms with van der Waals surface area (Å²) < 4.78 is 0. The number of aliphatic carboxylic acids is 1. The number of benzene rings is 2. The molecular weight excluding hydrogens is 476 g/mol. The number of carboxylic acids is 1. The lowest BCUT2D eigenvalue weighted by molar-refractivity contribution is -0.141. The number of amides is 3. The van der Waals surface area contributed by atoms with Crippen molar-refractivity contribution < 1.29 is 29.4 Å². The van der Waals surface area contributed by atoms with Crippen molar-refractivity contribution in [3.63, 3.8) is 0 Å². The third kappa shape index (κ3) is 9.92. The Morgan fingerprint density at radius 2 is 1.24 bits per heavy atom. The van der Waals surface area contributed by atoms with Crippen LogP contribution < -0.4 is 21.7 Å². The second kappa shape index (κ2) is 14.0. The van der Waals surface area contributed by atoms with Crippen LogP contribution in [0.3, 0.4) is 0 Å². The molecule has 0 spiro atoms. The molecule has 7 N–H and O–H groups in total. The molecule has 0 heterocycles. The van der Waals surface area contributed by atoms with Crippen molar-refractivity contribution in [2.75, 3.05) is 0 Å². The average molecular weight is 513 g/mol. The van der Waals surface area contributed by atoms with Crippen LogP contribution in [0.15, 0.2) is 54.6 Å². The minimum atomic E-state index is -1.23. The highest BCUT2D eigenvalue weighted by atomic mass is 16.4. The Morgan fingerprint density at radius 1 is 0.757 bits per heavy atom. The van der Waals surface area contributed by atoms with E-state index in [4.69, 9.17) is 5.73 Å². The fourth-order valence-corrected chi connectivity index (χ4v) is 3.68. The summed E-state index contributed by atoms with van der Waals surface area (Å²) in [5.41, 5.74) is 7.44. The van der Waals surface area contributed by atoms with Crippen molar-refractivity contribution in [2.24, 2.45) is 11.7 Å². The van der Waals surface area contributed by atoms with Crippen LogP contribution >= 0.6 is 0 Å². The summed E-state index contributed by atoms with van der Waals surface area (Å²) in [6.07, 6.45) is 0.624. The van der Waals surface area contributed by atoms with Gasteiger partial charge in [-0.1, -0.05) is 56.3 Å². The number of phenolic OH excluding ortho intramolecular Hbond substituents is 1. The summed E-state index contributed by atoms with van der Waals surface area (Å²) in [5.74, 6) is -2.80.